The van der Waals surface area contributed by atoms with Crippen LogP contribution >= 0.6 is 0 Å². The van der Waals surface area contributed by atoms with Gasteiger partial charge in [0.1, 0.15) is 0 Å². The lowest BCUT2D eigenvalue weighted by molar-refractivity contribution is 0.778. The number of benzene rings is 5. The second kappa shape index (κ2) is 22.5. The van der Waals surface area contributed by atoms with Crippen molar-refractivity contribution in [2.24, 2.45) is 7.05 Å². The van der Waals surface area contributed by atoms with Gasteiger partial charge in [-0.3, -0.25) is 0 Å². The fourth-order valence-corrected chi connectivity index (χ4v) is 6.92. The zero-order valence-electron chi connectivity index (χ0n) is 35.5. The summed E-state index contributed by atoms with van der Waals surface area (Å²) in [4.78, 5) is 0. The Hall–Kier alpha value is -5.86. The van der Waals surface area contributed by atoms with Gasteiger partial charge >= 0.3 is 0 Å². The Bertz CT molecular complexity index is 2290. The minimum atomic E-state index is 0.346. The highest BCUT2D eigenvalue weighted by Gasteiger charge is 2.20. The van der Waals surface area contributed by atoms with E-state index in [0.717, 1.165) is 29.8 Å². The monoisotopic (exact) mass is 741 g/mol. The lowest BCUT2D eigenvalue weighted by Crippen LogP contribution is -2.02. The molecule has 0 saturated carbocycles. The van der Waals surface area contributed by atoms with Crippen molar-refractivity contribution in [2.45, 2.75) is 74.1 Å². The minimum Gasteiger partial charge on any atom is -0.355 e. The SMILES string of the molecule is C=C/C=C\C=C(/C)c1cc(-c2ccc3c(c2)c2ccc(C(=C)CC)c(C(C)CC=C)c2n3C)ccc1Nc1ccccc1.C=Cc1ccccc1C.CC.CC. The summed E-state index contributed by atoms with van der Waals surface area (Å²) in [6, 6.07) is 36.7. The molecule has 0 amide bonds. The third-order valence-corrected chi connectivity index (χ3v) is 9.85. The molecular formula is C54H64N2. The standard InChI is InChI=1S/C41H42N2.C9H10.2C2H6/c1-8-11-13-17-29(5)36-26-31(20-24-38(36)42-33-18-14-12-15-19-33)32-21-25-39-37(27-32)35-23-22-34(28(4)10-3)40(30(6)16-9-2)41(35)43(39)7;1-3-9-7-5-4-6-8(9)2;2*1-2/h8-9,11-15,17-27,30,42H,1-2,4,10,16H2,3,5-7H3;3-7H,1H2,2H3;2*1-2H3/b13-11-,29-17+;;;. The first-order chi connectivity index (χ1) is 27.2. The maximum Gasteiger partial charge on any atom is 0.0530 e. The highest BCUT2D eigenvalue weighted by molar-refractivity contribution is 6.11. The number of para-hydroxylation sites is 1. The molecule has 0 aliphatic heterocycles. The number of hydrogen-bond acceptors (Lipinski definition) is 1. The molecule has 0 aliphatic carbocycles. The molecule has 2 nitrogen and oxygen atoms in total. The van der Waals surface area contributed by atoms with Crippen molar-refractivity contribution in [3.05, 3.63) is 188 Å². The normalized spacial score (nSPS) is 11.3. The molecule has 6 aromatic rings. The van der Waals surface area contributed by atoms with Crippen LogP contribution in [0.4, 0.5) is 11.4 Å². The number of anilines is 2. The van der Waals surface area contributed by atoms with E-state index in [9.17, 15) is 0 Å². The van der Waals surface area contributed by atoms with Crippen molar-refractivity contribution < 1.29 is 0 Å². The van der Waals surface area contributed by atoms with Crippen LogP contribution in [0.5, 0.6) is 0 Å². The van der Waals surface area contributed by atoms with Gasteiger partial charge in [0.2, 0.25) is 0 Å². The third-order valence-electron chi connectivity index (χ3n) is 9.85. The van der Waals surface area contributed by atoms with Gasteiger partial charge in [-0.25, -0.2) is 0 Å². The van der Waals surface area contributed by atoms with E-state index in [1.807, 2.05) is 70.2 Å². The minimum absolute atomic E-state index is 0.346. The summed E-state index contributed by atoms with van der Waals surface area (Å²) < 4.78 is 2.37. The first kappa shape index (κ1) is 44.5. The Balaban J connectivity index is 0.000000557. The van der Waals surface area contributed by atoms with Gasteiger partial charge in [0.05, 0.1) is 5.52 Å². The third kappa shape index (κ3) is 10.7. The fourth-order valence-electron chi connectivity index (χ4n) is 6.92. The van der Waals surface area contributed by atoms with Crippen LogP contribution in [0.1, 0.15) is 95.0 Å². The zero-order valence-corrected chi connectivity index (χ0v) is 35.5. The highest BCUT2D eigenvalue weighted by atomic mass is 14.9. The zero-order chi connectivity index (χ0) is 41.2. The van der Waals surface area contributed by atoms with Gasteiger partial charge in [-0.05, 0) is 114 Å². The fraction of sp³-hybridized carbons (Fsp3) is 0.222. The van der Waals surface area contributed by atoms with E-state index in [0.29, 0.717) is 5.92 Å². The number of hydrogen-bond donors (Lipinski definition) is 1. The first-order valence-electron chi connectivity index (χ1n) is 20.2. The number of aryl methyl sites for hydroxylation is 2. The van der Waals surface area contributed by atoms with Crippen LogP contribution in [0.3, 0.4) is 0 Å². The molecule has 1 atom stereocenters. The lowest BCUT2D eigenvalue weighted by atomic mass is 9.87. The number of rotatable bonds is 12. The molecule has 1 unspecified atom stereocenters. The summed E-state index contributed by atoms with van der Waals surface area (Å²) in [6.07, 6.45) is 13.7. The molecule has 1 N–H and O–H groups in total. The summed E-state index contributed by atoms with van der Waals surface area (Å²) in [5.41, 5.74) is 15.7. The molecule has 0 spiro atoms. The summed E-state index contributed by atoms with van der Waals surface area (Å²) in [5.74, 6) is 0.346. The van der Waals surface area contributed by atoms with Gasteiger partial charge in [-0.2, -0.15) is 0 Å². The van der Waals surface area contributed by atoms with Crippen LogP contribution in [0.15, 0.2) is 160 Å². The van der Waals surface area contributed by atoms with Crippen molar-refractivity contribution in [2.75, 3.05) is 5.32 Å². The van der Waals surface area contributed by atoms with Gasteiger partial charge in [0, 0.05) is 40.3 Å². The van der Waals surface area contributed by atoms with Gasteiger partial charge in [0.25, 0.3) is 0 Å². The molecule has 1 aromatic heterocycles. The van der Waals surface area contributed by atoms with Crippen LogP contribution in [0, 0.1) is 6.92 Å². The first-order valence-corrected chi connectivity index (χ1v) is 20.2. The summed E-state index contributed by atoms with van der Waals surface area (Å²) in [6.45, 7) is 32.7. The molecule has 5 aromatic carbocycles. The largest absolute Gasteiger partial charge is 0.355 e. The number of allylic oxidation sites excluding steroid dienone is 7. The molecule has 0 saturated heterocycles. The van der Waals surface area contributed by atoms with Crippen LogP contribution in [-0.4, -0.2) is 4.57 Å². The van der Waals surface area contributed by atoms with Crippen molar-refractivity contribution >= 4 is 50.4 Å². The average molecular weight is 741 g/mol. The van der Waals surface area contributed by atoms with Crippen molar-refractivity contribution in [3.8, 4) is 11.1 Å². The molecular weight excluding hydrogens is 677 g/mol. The van der Waals surface area contributed by atoms with E-state index in [1.54, 1.807) is 6.08 Å². The summed E-state index contributed by atoms with van der Waals surface area (Å²) in [5, 5.41) is 6.18. The predicted octanol–water partition coefficient (Wildman–Crippen LogP) is 16.7. The maximum absolute atomic E-state index is 4.42. The summed E-state index contributed by atoms with van der Waals surface area (Å²) >= 11 is 0. The van der Waals surface area contributed by atoms with Crippen molar-refractivity contribution in [1.29, 1.82) is 0 Å². The van der Waals surface area contributed by atoms with E-state index < -0.39 is 0 Å². The van der Waals surface area contributed by atoms with E-state index in [-0.39, 0.29) is 0 Å². The average Bonchev–Trinajstić information content (AvgIpc) is 3.53. The van der Waals surface area contributed by atoms with Crippen LogP contribution < -0.4 is 5.32 Å². The van der Waals surface area contributed by atoms with Gasteiger partial charge < -0.3 is 9.88 Å². The Labute approximate surface area is 339 Å². The lowest BCUT2D eigenvalue weighted by Gasteiger charge is -2.19. The quantitative estimate of drug-likeness (QED) is 0.0976. The molecule has 0 aliphatic rings. The van der Waals surface area contributed by atoms with Gasteiger partial charge in [-0.1, -0.05) is 164 Å². The Kier molecular flexibility index (Phi) is 17.9. The molecule has 290 valence electrons. The van der Waals surface area contributed by atoms with Crippen molar-refractivity contribution in [3.63, 3.8) is 0 Å². The van der Waals surface area contributed by atoms with E-state index in [4.69, 9.17) is 0 Å². The second-order valence-corrected chi connectivity index (χ2v) is 13.4. The molecule has 56 heavy (non-hydrogen) atoms. The van der Waals surface area contributed by atoms with Crippen LogP contribution in [0.2, 0.25) is 0 Å². The maximum atomic E-state index is 4.42. The van der Waals surface area contributed by atoms with E-state index >= 15 is 0 Å². The smallest absolute Gasteiger partial charge is 0.0530 e. The Morgan fingerprint density at radius 2 is 1.43 bits per heavy atom. The van der Waals surface area contributed by atoms with E-state index in [1.165, 1.54) is 66.3 Å². The van der Waals surface area contributed by atoms with Crippen molar-refractivity contribution in [1.82, 2.24) is 4.57 Å². The van der Waals surface area contributed by atoms with Crippen LogP contribution in [-0.2, 0) is 7.05 Å². The molecule has 2 heteroatoms. The predicted molar refractivity (Wildman–Crippen MR) is 255 cm³/mol. The molecule has 0 bridgehead atoms. The highest BCUT2D eigenvalue weighted by Crippen LogP contribution is 2.41. The number of nitrogens with one attached hydrogen (secondary N) is 1. The van der Waals surface area contributed by atoms with E-state index in [2.05, 4.69) is 162 Å². The second-order valence-electron chi connectivity index (χ2n) is 13.4. The molecule has 0 fully saturated rings. The number of fused-ring (bicyclic) bond motifs is 3. The summed E-state index contributed by atoms with van der Waals surface area (Å²) in [7, 11) is 2.19. The Morgan fingerprint density at radius 1 is 0.768 bits per heavy atom. The molecule has 0 radical (unpaired) electrons. The van der Waals surface area contributed by atoms with Gasteiger partial charge in [0.15, 0.2) is 0 Å². The number of aromatic nitrogens is 1. The molecule has 1 heterocycles. The molecule has 6 rings (SSSR count). The van der Waals surface area contributed by atoms with Gasteiger partial charge in [-0.15, -0.1) is 6.58 Å². The topological polar surface area (TPSA) is 17.0 Å². The Morgan fingerprint density at radius 3 is 2.05 bits per heavy atom. The van der Waals surface area contributed by atoms with Crippen LogP contribution in [0.25, 0.3) is 50.2 Å². The number of nitrogens with zero attached hydrogens (tertiary/aromatic N) is 1.